The predicted octanol–water partition coefficient (Wildman–Crippen LogP) is 4.69. The molecule has 6 aromatic rings. The van der Waals surface area contributed by atoms with Crippen LogP contribution in [0.2, 0.25) is 0 Å². The molecule has 0 spiro atoms. The number of H-pyrrole nitrogens is 1. The molecule has 272 valence electrons. The Hall–Kier alpha value is -7.09. The molecule has 20 heteroatoms. The van der Waals surface area contributed by atoms with Gasteiger partial charge >= 0.3 is 12.0 Å². The maximum atomic E-state index is 14.1. The number of carbonyl (C=O) groups excluding carboxylic acids is 1. The van der Waals surface area contributed by atoms with Crippen LogP contribution in [0.5, 0.6) is 34.6 Å². The zero-order valence-electron chi connectivity index (χ0n) is 28.5. The highest BCUT2D eigenvalue weighted by Gasteiger charge is 2.29. The number of ether oxygens (including phenoxy) is 4. The summed E-state index contributed by atoms with van der Waals surface area (Å²) in [6.07, 6.45) is 1.98. The number of benzene rings is 2. The highest BCUT2D eigenvalue weighted by molar-refractivity contribution is 7.92. The van der Waals surface area contributed by atoms with Crippen molar-refractivity contribution >= 4 is 27.8 Å². The summed E-state index contributed by atoms with van der Waals surface area (Å²) in [5.41, 5.74) is 0.603. The summed E-state index contributed by atoms with van der Waals surface area (Å²) in [7, 11) is -0.423. The fourth-order valence-electron chi connectivity index (χ4n) is 4.75. The van der Waals surface area contributed by atoms with E-state index >= 15 is 0 Å². The number of anilines is 2. The van der Waals surface area contributed by atoms with Crippen LogP contribution in [0.3, 0.4) is 0 Å². The Balaban J connectivity index is 1.52. The second-order valence-electron chi connectivity index (χ2n) is 10.4. The normalized spacial score (nSPS) is 10.9. The molecule has 0 fully saturated rings. The van der Waals surface area contributed by atoms with Gasteiger partial charge in [0.05, 0.1) is 21.3 Å². The molecule has 0 unspecified atom stereocenters. The minimum atomic E-state index is -4.54. The highest BCUT2D eigenvalue weighted by atomic mass is 32.2. The lowest BCUT2D eigenvalue weighted by Crippen LogP contribution is -2.33. The standard InChI is InChI=1S/C33H30N10O9S/c1-5-43(27-12-8-9-16-35-27)33(44)52-51-32-28(50-24-11-7-6-10-23(24)48-3)31(40-53(45,46)26-19-21(47-2)13-14-25(26)49-4)36-29(37-32)20-15-17-34-22(18-20)30-38-41-42-39-30/h6-19H,5H2,1-4H3,(H,36,37,40)(H,38,39,41,42). The maximum absolute atomic E-state index is 14.1. The van der Waals surface area contributed by atoms with Crippen LogP contribution >= 0.6 is 0 Å². The lowest BCUT2D eigenvalue weighted by Gasteiger charge is -2.20. The average Bonchev–Trinajstić information content (AvgIpc) is 3.74. The number of nitrogens with zero attached hydrogens (tertiary/aromatic N) is 8. The number of nitrogens with one attached hydrogen (secondary N) is 2. The quantitative estimate of drug-likeness (QED) is 0.114. The third-order valence-corrected chi connectivity index (χ3v) is 8.63. The zero-order chi connectivity index (χ0) is 37.4. The average molecular weight is 743 g/mol. The third-order valence-electron chi connectivity index (χ3n) is 7.27. The van der Waals surface area contributed by atoms with Crippen LogP contribution in [0, 0.1) is 0 Å². The van der Waals surface area contributed by atoms with Crippen molar-refractivity contribution in [2.75, 3.05) is 37.5 Å². The molecule has 0 aliphatic carbocycles. The van der Waals surface area contributed by atoms with Crippen LogP contribution in [0.4, 0.5) is 16.4 Å². The summed E-state index contributed by atoms with van der Waals surface area (Å²) in [4.78, 5) is 42.6. The molecule has 0 bridgehead atoms. The minimum Gasteiger partial charge on any atom is -0.497 e. The van der Waals surface area contributed by atoms with Crippen molar-refractivity contribution in [1.29, 1.82) is 0 Å². The van der Waals surface area contributed by atoms with Crippen molar-refractivity contribution in [3.05, 3.63) is 85.2 Å². The number of aromatic amines is 1. The van der Waals surface area contributed by atoms with Crippen LogP contribution in [0.25, 0.3) is 22.9 Å². The first-order valence-corrected chi connectivity index (χ1v) is 17.0. The van der Waals surface area contributed by atoms with Crippen molar-refractivity contribution in [3.8, 4) is 57.5 Å². The van der Waals surface area contributed by atoms with Gasteiger partial charge < -0.3 is 18.9 Å². The van der Waals surface area contributed by atoms with Gasteiger partial charge in [0, 0.05) is 30.6 Å². The fourth-order valence-corrected chi connectivity index (χ4v) is 5.94. The number of aromatic nitrogens is 8. The first kappa shape index (κ1) is 35.7. The molecule has 0 atom stereocenters. The molecule has 4 heterocycles. The zero-order valence-corrected chi connectivity index (χ0v) is 29.3. The Labute approximate surface area is 301 Å². The molecule has 2 aromatic carbocycles. The minimum absolute atomic E-state index is 0.00111. The van der Waals surface area contributed by atoms with Crippen LogP contribution in [0.15, 0.2) is 90.1 Å². The topological polar surface area (TPSA) is 228 Å². The Morgan fingerprint density at radius 3 is 2.36 bits per heavy atom. The lowest BCUT2D eigenvalue weighted by atomic mass is 10.2. The van der Waals surface area contributed by atoms with E-state index in [0.29, 0.717) is 11.3 Å². The van der Waals surface area contributed by atoms with Crippen molar-refractivity contribution in [2.24, 2.45) is 0 Å². The SMILES string of the molecule is CCN(C(=O)OOc1nc(-c2ccnc(-c3nnn[nH]3)c2)nc(NS(=O)(=O)c2cc(OC)ccc2OC)c1Oc1ccccc1OC)c1ccccn1. The van der Waals surface area contributed by atoms with Crippen LogP contribution in [0.1, 0.15) is 6.92 Å². The number of tetrazole rings is 1. The van der Waals surface area contributed by atoms with Crippen molar-refractivity contribution in [3.63, 3.8) is 0 Å². The van der Waals surface area contributed by atoms with E-state index in [2.05, 4.69) is 45.3 Å². The molecule has 0 aliphatic heterocycles. The number of hydrogen-bond acceptors (Lipinski definition) is 16. The molecule has 4 aromatic heterocycles. The number of rotatable bonds is 14. The molecule has 2 N–H and O–H groups in total. The van der Waals surface area contributed by atoms with Crippen LogP contribution < -0.4 is 33.5 Å². The molecular weight excluding hydrogens is 712 g/mol. The Morgan fingerprint density at radius 2 is 1.66 bits per heavy atom. The van der Waals surface area contributed by atoms with Gasteiger partial charge in [-0.05, 0) is 65.9 Å². The van der Waals surface area contributed by atoms with E-state index in [0.717, 1.165) is 0 Å². The smallest absolute Gasteiger partial charge is 0.458 e. The summed E-state index contributed by atoms with van der Waals surface area (Å²) in [5.74, 6) is -0.371. The number of hydrogen-bond donors (Lipinski definition) is 2. The summed E-state index contributed by atoms with van der Waals surface area (Å²) >= 11 is 0. The number of pyridine rings is 2. The Morgan fingerprint density at radius 1 is 0.868 bits per heavy atom. The van der Waals surface area contributed by atoms with Crippen molar-refractivity contribution in [2.45, 2.75) is 11.8 Å². The number of methoxy groups -OCH3 is 3. The van der Waals surface area contributed by atoms with Gasteiger partial charge in [-0.1, -0.05) is 18.2 Å². The monoisotopic (exact) mass is 742 g/mol. The molecule has 53 heavy (non-hydrogen) atoms. The van der Waals surface area contributed by atoms with Crippen LogP contribution in [-0.2, 0) is 14.9 Å². The molecule has 0 aliphatic rings. The van der Waals surface area contributed by atoms with Gasteiger partial charge in [-0.2, -0.15) is 4.98 Å². The van der Waals surface area contributed by atoms with Crippen molar-refractivity contribution in [1.82, 2.24) is 40.6 Å². The van der Waals surface area contributed by atoms with E-state index in [9.17, 15) is 13.2 Å². The predicted molar refractivity (Wildman–Crippen MR) is 186 cm³/mol. The van der Waals surface area contributed by atoms with E-state index < -0.39 is 33.6 Å². The third kappa shape index (κ3) is 7.96. The van der Waals surface area contributed by atoms with Gasteiger partial charge in [0.15, 0.2) is 29.0 Å². The molecule has 1 amide bonds. The number of amides is 1. The Bertz CT molecular complexity index is 2310. The Kier molecular flexibility index (Phi) is 10.7. The van der Waals surface area contributed by atoms with E-state index in [1.54, 1.807) is 55.5 Å². The van der Waals surface area contributed by atoms with Crippen molar-refractivity contribution < 1.29 is 41.9 Å². The summed E-state index contributed by atoms with van der Waals surface area (Å²) in [5, 5.41) is 13.7. The highest BCUT2D eigenvalue weighted by Crippen LogP contribution is 2.42. The number of para-hydroxylation sites is 2. The largest absolute Gasteiger partial charge is 0.497 e. The fraction of sp³-hybridized carbons (Fsp3) is 0.152. The van der Waals surface area contributed by atoms with E-state index in [1.165, 1.54) is 62.9 Å². The first-order chi connectivity index (χ1) is 25.7. The van der Waals surface area contributed by atoms with Gasteiger partial charge in [0.25, 0.3) is 10.0 Å². The van der Waals surface area contributed by atoms with E-state index in [1.807, 2.05) is 0 Å². The van der Waals surface area contributed by atoms with Gasteiger partial charge in [0.2, 0.25) is 5.75 Å². The summed E-state index contributed by atoms with van der Waals surface area (Å²) < 4.78 is 53.0. The van der Waals surface area contributed by atoms with Gasteiger partial charge in [-0.25, -0.2) is 33.2 Å². The summed E-state index contributed by atoms with van der Waals surface area (Å²) in [6, 6.07) is 18.8. The molecule has 0 saturated carbocycles. The van der Waals surface area contributed by atoms with Gasteiger partial charge in [0.1, 0.15) is 27.9 Å². The second-order valence-corrected chi connectivity index (χ2v) is 12.1. The molecule has 6 rings (SSSR count). The van der Waals surface area contributed by atoms with E-state index in [4.69, 9.17) is 28.7 Å². The van der Waals surface area contributed by atoms with E-state index in [-0.39, 0.29) is 51.9 Å². The molecule has 0 saturated heterocycles. The maximum Gasteiger partial charge on any atom is 0.458 e. The number of sulfonamides is 1. The number of carbonyl (C=O) groups is 1. The van der Waals surface area contributed by atoms with Crippen LogP contribution in [-0.4, -0.2) is 82.9 Å². The summed E-state index contributed by atoms with van der Waals surface area (Å²) in [6.45, 7) is 1.86. The van der Waals surface area contributed by atoms with Gasteiger partial charge in [-0.15, -0.1) is 5.10 Å². The first-order valence-electron chi connectivity index (χ1n) is 15.5. The molecule has 19 nitrogen and oxygen atoms in total. The van der Waals surface area contributed by atoms with Gasteiger partial charge in [-0.3, -0.25) is 19.5 Å². The second kappa shape index (κ2) is 15.9. The lowest BCUT2D eigenvalue weighted by molar-refractivity contribution is -0.144. The molecular formula is C33H30N10O9S. The molecule has 0 radical (unpaired) electrons.